The van der Waals surface area contributed by atoms with Gasteiger partial charge in [0.25, 0.3) is 0 Å². The Morgan fingerprint density at radius 3 is 2.70 bits per heavy atom. The maximum atomic E-state index is 11.6. The summed E-state index contributed by atoms with van der Waals surface area (Å²) in [5.41, 5.74) is 1.15. The van der Waals surface area contributed by atoms with Crippen LogP contribution in [0.4, 0.5) is 0 Å². The van der Waals surface area contributed by atoms with Crippen LogP contribution in [0.15, 0.2) is 18.2 Å². The molecule has 2 aliphatic heterocycles. The van der Waals surface area contributed by atoms with Gasteiger partial charge in [0.15, 0.2) is 11.5 Å². The van der Waals surface area contributed by atoms with Crippen molar-refractivity contribution < 1.29 is 17.9 Å². The van der Waals surface area contributed by atoms with Gasteiger partial charge in [-0.15, -0.1) is 0 Å². The molecule has 1 aromatic rings. The van der Waals surface area contributed by atoms with Crippen molar-refractivity contribution >= 4 is 10.0 Å². The zero-order chi connectivity index (χ0) is 16.4. The van der Waals surface area contributed by atoms with E-state index < -0.39 is 10.0 Å². The van der Waals surface area contributed by atoms with Crippen LogP contribution in [0.1, 0.15) is 18.9 Å². The van der Waals surface area contributed by atoms with E-state index in [1.165, 1.54) is 6.26 Å². The molecule has 0 saturated carbocycles. The predicted octanol–water partition coefficient (Wildman–Crippen LogP) is 1.22. The Morgan fingerprint density at radius 1 is 1.26 bits per heavy atom. The molecule has 2 aliphatic rings. The van der Waals surface area contributed by atoms with Gasteiger partial charge in [-0.2, -0.15) is 0 Å². The maximum absolute atomic E-state index is 11.6. The van der Waals surface area contributed by atoms with Crippen LogP contribution in [0.25, 0.3) is 0 Å². The molecule has 1 aromatic carbocycles. The van der Waals surface area contributed by atoms with E-state index >= 15 is 0 Å². The zero-order valence-corrected chi connectivity index (χ0v) is 14.4. The third-order valence-corrected chi connectivity index (χ3v) is 5.78. The highest BCUT2D eigenvalue weighted by molar-refractivity contribution is 7.88. The number of hydrogen-bond donors (Lipinski definition) is 1. The predicted molar refractivity (Wildman–Crippen MR) is 88.3 cm³/mol. The van der Waals surface area contributed by atoms with E-state index in [1.807, 2.05) is 18.2 Å². The van der Waals surface area contributed by atoms with Crippen molar-refractivity contribution in [3.63, 3.8) is 0 Å². The number of nitrogens with zero attached hydrogens (tertiary/aromatic N) is 1. The minimum absolute atomic E-state index is 0.288. The average Bonchev–Trinajstić information content (AvgIpc) is 2.52. The summed E-state index contributed by atoms with van der Waals surface area (Å²) in [6.07, 6.45) is 2.11. The molecule has 3 rings (SSSR count). The molecular formula is C16H24N2O4S. The Balaban J connectivity index is 1.57. The summed E-state index contributed by atoms with van der Waals surface area (Å²) >= 11 is 0. The normalized spacial score (nSPS) is 25.3. The molecule has 2 atom stereocenters. The van der Waals surface area contributed by atoms with E-state index in [-0.39, 0.29) is 5.92 Å². The smallest absolute Gasteiger partial charge is 0.211 e. The second kappa shape index (κ2) is 6.67. The standard InChI is InChI=1S/C16H24N2O4S/c1-12-11-18(23(2,19)20)6-5-14(12)17-10-13-3-4-15-16(9-13)22-8-7-21-15/h3-4,9,12,14,17H,5-8,10-11H2,1-2H3/t12-,14-/m1/s1. The summed E-state index contributed by atoms with van der Waals surface area (Å²) in [7, 11) is -3.08. The lowest BCUT2D eigenvalue weighted by atomic mass is 9.95. The number of nitrogens with one attached hydrogen (secondary N) is 1. The van der Waals surface area contributed by atoms with Gasteiger partial charge in [-0.1, -0.05) is 13.0 Å². The third kappa shape index (κ3) is 3.97. The van der Waals surface area contributed by atoms with Crippen molar-refractivity contribution in [2.24, 2.45) is 5.92 Å². The van der Waals surface area contributed by atoms with E-state index in [1.54, 1.807) is 4.31 Å². The lowest BCUT2D eigenvalue weighted by Crippen LogP contribution is -2.49. The first-order valence-corrected chi connectivity index (χ1v) is 9.85. The molecule has 1 N–H and O–H groups in total. The van der Waals surface area contributed by atoms with E-state index in [2.05, 4.69) is 12.2 Å². The quantitative estimate of drug-likeness (QED) is 0.892. The van der Waals surface area contributed by atoms with Gasteiger partial charge in [0.05, 0.1) is 6.26 Å². The molecule has 0 bridgehead atoms. The van der Waals surface area contributed by atoms with Gasteiger partial charge < -0.3 is 14.8 Å². The number of ether oxygens (including phenoxy) is 2. The van der Waals surface area contributed by atoms with Gasteiger partial charge in [-0.3, -0.25) is 0 Å². The molecule has 0 aromatic heterocycles. The van der Waals surface area contributed by atoms with Crippen molar-refractivity contribution in [1.29, 1.82) is 0 Å². The highest BCUT2D eigenvalue weighted by atomic mass is 32.2. The fourth-order valence-corrected chi connectivity index (χ4v) is 4.10. The van der Waals surface area contributed by atoms with Crippen LogP contribution in [0.2, 0.25) is 0 Å². The first kappa shape index (κ1) is 16.5. The molecule has 128 valence electrons. The van der Waals surface area contributed by atoms with Gasteiger partial charge in [-0.05, 0) is 30.0 Å². The lowest BCUT2D eigenvalue weighted by Gasteiger charge is -2.36. The second-order valence-electron chi connectivity index (χ2n) is 6.35. The first-order valence-electron chi connectivity index (χ1n) is 8.00. The largest absolute Gasteiger partial charge is 0.486 e. The van der Waals surface area contributed by atoms with Crippen molar-refractivity contribution in [3.8, 4) is 11.5 Å². The van der Waals surface area contributed by atoms with Gasteiger partial charge in [-0.25, -0.2) is 12.7 Å². The van der Waals surface area contributed by atoms with Crippen LogP contribution in [0, 0.1) is 5.92 Å². The Bertz CT molecular complexity index is 662. The summed E-state index contributed by atoms with van der Waals surface area (Å²) in [4.78, 5) is 0. The molecular weight excluding hydrogens is 316 g/mol. The minimum atomic E-state index is -3.08. The van der Waals surface area contributed by atoms with Crippen molar-refractivity contribution in [2.45, 2.75) is 25.9 Å². The number of piperidine rings is 1. The lowest BCUT2D eigenvalue weighted by molar-refractivity contribution is 0.171. The molecule has 23 heavy (non-hydrogen) atoms. The van der Waals surface area contributed by atoms with Crippen LogP contribution in [0.3, 0.4) is 0 Å². The molecule has 2 heterocycles. The average molecular weight is 340 g/mol. The first-order chi connectivity index (χ1) is 10.9. The van der Waals surface area contributed by atoms with Crippen LogP contribution in [-0.2, 0) is 16.6 Å². The molecule has 0 amide bonds. The van der Waals surface area contributed by atoms with E-state index in [4.69, 9.17) is 9.47 Å². The van der Waals surface area contributed by atoms with Crippen LogP contribution < -0.4 is 14.8 Å². The number of sulfonamides is 1. The van der Waals surface area contributed by atoms with E-state index in [0.717, 1.165) is 30.0 Å². The summed E-state index contributed by atoms with van der Waals surface area (Å²) in [6, 6.07) is 6.32. The number of fused-ring (bicyclic) bond motifs is 1. The minimum Gasteiger partial charge on any atom is -0.486 e. The van der Waals surface area contributed by atoms with Gasteiger partial charge in [0, 0.05) is 25.7 Å². The van der Waals surface area contributed by atoms with Crippen LogP contribution in [0.5, 0.6) is 11.5 Å². The fourth-order valence-electron chi connectivity index (χ4n) is 3.16. The van der Waals surface area contributed by atoms with Crippen molar-refractivity contribution in [3.05, 3.63) is 23.8 Å². The maximum Gasteiger partial charge on any atom is 0.211 e. The third-order valence-electron chi connectivity index (χ3n) is 4.51. The Morgan fingerprint density at radius 2 is 2.00 bits per heavy atom. The van der Waals surface area contributed by atoms with Gasteiger partial charge in [0.2, 0.25) is 10.0 Å². The molecule has 0 radical (unpaired) electrons. The van der Waals surface area contributed by atoms with E-state index in [0.29, 0.717) is 32.3 Å². The van der Waals surface area contributed by atoms with Gasteiger partial charge in [0.1, 0.15) is 13.2 Å². The second-order valence-corrected chi connectivity index (χ2v) is 8.33. The number of rotatable bonds is 4. The number of benzene rings is 1. The highest BCUT2D eigenvalue weighted by Crippen LogP contribution is 2.30. The van der Waals surface area contributed by atoms with E-state index in [9.17, 15) is 8.42 Å². The Hall–Kier alpha value is -1.31. The monoisotopic (exact) mass is 340 g/mol. The molecule has 0 aliphatic carbocycles. The Labute approximate surface area is 137 Å². The summed E-state index contributed by atoms with van der Waals surface area (Å²) < 4.78 is 36.0. The molecule has 0 unspecified atom stereocenters. The molecule has 0 spiro atoms. The topological polar surface area (TPSA) is 67.9 Å². The van der Waals surface area contributed by atoms with Crippen LogP contribution >= 0.6 is 0 Å². The van der Waals surface area contributed by atoms with Crippen molar-refractivity contribution in [1.82, 2.24) is 9.62 Å². The van der Waals surface area contributed by atoms with Crippen molar-refractivity contribution in [2.75, 3.05) is 32.6 Å². The molecule has 7 heteroatoms. The Kier molecular flexibility index (Phi) is 4.79. The molecule has 1 fully saturated rings. The van der Waals surface area contributed by atoms with Gasteiger partial charge >= 0.3 is 0 Å². The summed E-state index contributed by atoms with van der Waals surface area (Å²) in [6.45, 7) is 5.19. The fraction of sp³-hybridized carbons (Fsp3) is 0.625. The molecule has 6 nitrogen and oxygen atoms in total. The highest BCUT2D eigenvalue weighted by Gasteiger charge is 2.30. The summed E-state index contributed by atoms with van der Waals surface area (Å²) in [5.74, 6) is 1.89. The zero-order valence-electron chi connectivity index (χ0n) is 13.6. The molecule has 1 saturated heterocycles. The number of hydrogen-bond acceptors (Lipinski definition) is 5. The SMILES string of the molecule is C[C@@H]1CN(S(C)(=O)=O)CC[C@H]1NCc1ccc2c(c1)OCCO2. The van der Waals surface area contributed by atoms with Crippen LogP contribution in [-0.4, -0.2) is 51.3 Å². The summed E-state index contributed by atoms with van der Waals surface area (Å²) in [5, 5.41) is 3.55.